The molecule has 0 spiro atoms. The fraction of sp³-hybridized carbons (Fsp3) is 0.650. The molecule has 1 rings (SSSR count). The van der Waals surface area contributed by atoms with Crippen molar-refractivity contribution in [2.75, 3.05) is 26.0 Å². The molecule has 0 aliphatic rings. The van der Waals surface area contributed by atoms with Crippen LogP contribution in [0.5, 0.6) is 0 Å². The van der Waals surface area contributed by atoms with Crippen molar-refractivity contribution in [1.82, 2.24) is 10.6 Å². The summed E-state index contributed by atoms with van der Waals surface area (Å²) in [5, 5.41) is 6.61. The maximum atomic E-state index is 11.4. The Balaban J connectivity index is 2.60. The zero-order valence-corrected chi connectivity index (χ0v) is 18.1. The summed E-state index contributed by atoms with van der Waals surface area (Å²) in [7, 11) is -3.01. The van der Waals surface area contributed by atoms with Crippen molar-refractivity contribution in [1.29, 1.82) is 0 Å². The third kappa shape index (κ3) is 10.3. The van der Waals surface area contributed by atoms with Crippen LogP contribution in [0.1, 0.15) is 45.2 Å². The molecule has 0 aliphatic heterocycles. The number of hydrogen-bond donors (Lipinski definition) is 2. The second-order valence-electron chi connectivity index (χ2n) is 7.04. The monoisotopic (exact) mass is 397 g/mol. The molecule has 0 aliphatic carbocycles. The van der Waals surface area contributed by atoms with Crippen LogP contribution < -0.4 is 10.6 Å². The van der Waals surface area contributed by atoms with Gasteiger partial charge in [-0.1, -0.05) is 38.1 Å². The molecule has 0 aromatic heterocycles. The van der Waals surface area contributed by atoms with Gasteiger partial charge in [0.15, 0.2) is 15.8 Å². The van der Waals surface area contributed by atoms with Gasteiger partial charge < -0.3 is 15.4 Å². The standard InChI is InChI=1S/C20H35N3O3S/c1-6-21-20(22-13-12-19(16(3)4)26-7-2)23-14-17-8-10-18(11-9-17)15-27(5,24)25/h8-11,16,19H,6-7,12-15H2,1-5H3,(H2,21,22,23). The Kier molecular flexibility index (Phi) is 10.4. The Morgan fingerprint density at radius 1 is 1.11 bits per heavy atom. The average molecular weight is 398 g/mol. The van der Waals surface area contributed by atoms with E-state index in [1.165, 1.54) is 6.26 Å². The molecule has 1 aromatic rings. The van der Waals surface area contributed by atoms with E-state index in [1.807, 2.05) is 38.1 Å². The van der Waals surface area contributed by atoms with E-state index in [0.717, 1.165) is 43.2 Å². The fourth-order valence-corrected chi connectivity index (χ4v) is 3.51. The lowest BCUT2D eigenvalue weighted by molar-refractivity contribution is 0.0258. The Morgan fingerprint density at radius 3 is 2.26 bits per heavy atom. The molecule has 1 unspecified atom stereocenters. The first-order valence-electron chi connectivity index (χ1n) is 9.64. The van der Waals surface area contributed by atoms with Gasteiger partial charge in [0.2, 0.25) is 0 Å². The highest BCUT2D eigenvalue weighted by Crippen LogP contribution is 2.10. The maximum Gasteiger partial charge on any atom is 0.191 e. The first kappa shape index (κ1) is 23.4. The van der Waals surface area contributed by atoms with Gasteiger partial charge in [0.05, 0.1) is 18.4 Å². The largest absolute Gasteiger partial charge is 0.378 e. The van der Waals surface area contributed by atoms with E-state index < -0.39 is 9.84 Å². The molecule has 7 heteroatoms. The van der Waals surface area contributed by atoms with Gasteiger partial charge in [-0.2, -0.15) is 0 Å². The van der Waals surface area contributed by atoms with Crippen LogP contribution in [0.3, 0.4) is 0 Å². The number of aliphatic imine (C=N–C) groups is 1. The van der Waals surface area contributed by atoms with Crippen molar-refractivity contribution in [3.05, 3.63) is 35.4 Å². The van der Waals surface area contributed by atoms with E-state index >= 15 is 0 Å². The van der Waals surface area contributed by atoms with Crippen LogP contribution in [-0.2, 0) is 26.9 Å². The van der Waals surface area contributed by atoms with Crippen molar-refractivity contribution in [3.63, 3.8) is 0 Å². The number of hydrogen-bond acceptors (Lipinski definition) is 4. The number of ether oxygens (including phenoxy) is 1. The number of sulfone groups is 1. The number of benzene rings is 1. The second-order valence-corrected chi connectivity index (χ2v) is 9.18. The molecule has 0 heterocycles. The lowest BCUT2D eigenvalue weighted by atomic mass is 10.0. The predicted molar refractivity (Wildman–Crippen MR) is 113 cm³/mol. The van der Waals surface area contributed by atoms with Crippen LogP contribution in [0.2, 0.25) is 0 Å². The number of guanidine groups is 1. The number of nitrogens with zero attached hydrogens (tertiary/aromatic N) is 1. The quantitative estimate of drug-likeness (QED) is 0.443. The zero-order chi connectivity index (χ0) is 20.3. The van der Waals surface area contributed by atoms with Crippen molar-refractivity contribution in [2.45, 2.75) is 52.5 Å². The summed E-state index contributed by atoms with van der Waals surface area (Å²) in [6.07, 6.45) is 2.42. The van der Waals surface area contributed by atoms with Gasteiger partial charge in [-0.3, -0.25) is 0 Å². The molecule has 0 amide bonds. The van der Waals surface area contributed by atoms with Crippen LogP contribution >= 0.6 is 0 Å². The van der Waals surface area contributed by atoms with E-state index in [-0.39, 0.29) is 11.9 Å². The summed E-state index contributed by atoms with van der Waals surface area (Å²) in [6.45, 7) is 11.3. The maximum absolute atomic E-state index is 11.4. The lowest BCUT2D eigenvalue weighted by Gasteiger charge is -2.21. The second kappa shape index (κ2) is 12.0. The van der Waals surface area contributed by atoms with Crippen LogP contribution in [0.25, 0.3) is 0 Å². The average Bonchev–Trinajstić information content (AvgIpc) is 2.58. The molecule has 0 fully saturated rings. The third-order valence-electron chi connectivity index (χ3n) is 4.06. The highest BCUT2D eigenvalue weighted by molar-refractivity contribution is 7.89. The van der Waals surface area contributed by atoms with E-state index in [4.69, 9.17) is 4.74 Å². The van der Waals surface area contributed by atoms with Crippen molar-refractivity contribution >= 4 is 15.8 Å². The van der Waals surface area contributed by atoms with Gasteiger partial charge in [0.25, 0.3) is 0 Å². The molecular formula is C20H35N3O3S. The Hall–Kier alpha value is -1.60. The van der Waals surface area contributed by atoms with Crippen LogP contribution in [0.15, 0.2) is 29.3 Å². The van der Waals surface area contributed by atoms with Crippen LogP contribution in [0.4, 0.5) is 0 Å². The molecule has 0 radical (unpaired) electrons. The minimum atomic E-state index is -3.01. The Morgan fingerprint density at radius 2 is 1.74 bits per heavy atom. The molecule has 2 N–H and O–H groups in total. The third-order valence-corrected chi connectivity index (χ3v) is 4.92. The first-order chi connectivity index (χ1) is 12.7. The number of rotatable bonds is 11. The summed E-state index contributed by atoms with van der Waals surface area (Å²) in [6, 6.07) is 7.55. The summed E-state index contributed by atoms with van der Waals surface area (Å²) >= 11 is 0. The predicted octanol–water partition coefficient (Wildman–Crippen LogP) is 2.74. The van der Waals surface area contributed by atoms with Crippen molar-refractivity contribution < 1.29 is 13.2 Å². The van der Waals surface area contributed by atoms with Crippen LogP contribution in [0, 0.1) is 5.92 Å². The Labute approximate surface area is 164 Å². The molecule has 1 atom stereocenters. The highest BCUT2D eigenvalue weighted by Gasteiger charge is 2.13. The minimum absolute atomic E-state index is 0.0671. The van der Waals surface area contributed by atoms with Gasteiger partial charge in [-0.05, 0) is 37.3 Å². The summed E-state index contributed by atoms with van der Waals surface area (Å²) in [5.41, 5.74) is 1.84. The van der Waals surface area contributed by atoms with E-state index in [9.17, 15) is 8.42 Å². The van der Waals surface area contributed by atoms with Gasteiger partial charge in [-0.15, -0.1) is 0 Å². The highest BCUT2D eigenvalue weighted by atomic mass is 32.2. The molecular weight excluding hydrogens is 362 g/mol. The molecule has 0 saturated heterocycles. The van der Waals surface area contributed by atoms with Gasteiger partial charge in [0, 0.05) is 26.0 Å². The van der Waals surface area contributed by atoms with Gasteiger partial charge >= 0.3 is 0 Å². The zero-order valence-electron chi connectivity index (χ0n) is 17.3. The van der Waals surface area contributed by atoms with E-state index in [2.05, 4.69) is 29.5 Å². The fourth-order valence-electron chi connectivity index (χ4n) is 2.71. The lowest BCUT2D eigenvalue weighted by Crippen LogP contribution is -2.39. The van der Waals surface area contributed by atoms with Gasteiger partial charge in [0.1, 0.15) is 0 Å². The number of nitrogens with one attached hydrogen (secondary N) is 2. The van der Waals surface area contributed by atoms with Crippen LogP contribution in [-0.4, -0.2) is 46.4 Å². The van der Waals surface area contributed by atoms with Gasteiger partial charge in [-0.25, -0.2) is 13.4 Å². The van der Waals surface area contributed by atoms with E-state index in [1.54, 1.807) is 0 Å². The molecule has 1 aromatic carbocycles. The smallest absolute Gasteiger partial charge is 0.191 e. The molecule has 6 nitrogen and oxygen atoms in total. The normalized spacial score (nSPS) is 13.6. The molecule has 154 valence electrons. The summed E-state index contributed by atoms with van der Waals surface area (Å²) in [5.74, 6) is 1.32. The minimum Gasteiger partial charge on any atom is -0.378 e. The Bertz CT molecular complexity index is 670. The summed E-state index contributed by atoms with van der Waals surface area (Å²) < 4.78 is 28.5. The van der Waals surface area contributed by atoms with Crippen molar-refractivity contribution in [3.8, 4) is 0 Å². The SMILES string of the molecule is CCNC(=NCc1ccc(CS(C)(=O)=O)cc1)NCCC(OCC)C(C)C. The van der Waals surface area contributed by atoms with Crippen molar-refractivity contribution in [2.24, 2.45) is 10.9 Å². The first-order valence-corrected chi connectivity index (χ1v) is 11.7. The molecule has 27 heavy (non-hydrogen) atoms. The molecule has 0 saturated carbocycles. The summed E-state index contributed by atoms with van der Waals surface area (Å²) in [4.78, 5) is 4.61. The topological polar surface area (TPSA) is 79.8 Å². The van der Waals surface area contributed by atoms with E-state index in [0.29, 0.717) is 12.5 Å². The molecule has 0 bridgehead atoms.